The quantitative estimate of drug-likeness (QED) is 0.471. The lowest BCUT2D eigenvalue weighted by atomic mass is 9.90. The number of alkyl halides is 6. The molecule has 3 N–H and O–H groups in total. The molecular weight excluding hydrogens is 522 g/mol. The number of rotatable bonds is 6. The van der Waals surface area contributed by atoms with E-state index in [2.05, 4.69) is 0 Å². The van der Waals surface area contributed by atoms with E-state index in [1.54, 1.807) is 0 Å². The van der Waals surface area contributed by atoms with Crippen LogP contribution in [0, 0.1) is 0 Å². The van der Waals surface area contributed by atoms with E-state index in [9.17, 15) is 49.8 Å². The molecule has 1 aliphatic heterocycles. The van der Waals surface area contributed by atoms with E-state index in [0.717, 1.165) is 31.4 Å². The average molecular weight is 542 g/mol. The summed E-state index contributed by atoms with van der Waals surface area (Å²) >= 11 is 0. The number of methoxy groups -OCH3 is 1. The maximum Gasteiger partial charge on any atom is 0.417 e. The van der Waals surface area contributed by atoms with Crippen LogP contribution in [0.25, 0.3) is 0 Å². The van der Waals surface area contributed by atoms with Crippen LogP contribution >= 0.6 is 0 Å². The van der Waals surface area contributed by atoms with Crippen LogP contribution in [0.4, 0.5) is 37.7 Å². The number of anilines is 2. The van der Waals surface area contributed by atoms with E-state index in [4.69, 9.17) is 4.74 Å². The SMILES string of the molecule is COc1ccc(C(=O)O)cc1S(=O)(=O)Nc1cc(C(F)(F)F)ccc1N1CCC(O)(C(F)(F)F)CC1. The zero-order valence-corrected chi connectivity index (χ0v) is 19.3. The molecule has 3 rings (SSSR count). The summed E-state index contributed by atoms with van der Waals surface area (Å²) in [7, 11) is -3.65. The number of hydrogen-bond acceptors (Lipinski definition) is 6. The summed E-state index contributed by atoms with van der Waals surface area (Å²) in [5.74, 6) is -1.77. The van der Waals surface area contributed by atoms with Crippen LogP contribution < -0.4 is 14.4 Å². The standard InChI is InChI=1S/C21H20F6N2O6S/c1-35-16-5-2-12(18(30)31)10-17(16)36(33,34)28-14-11-13(20(22,23)24)3-4-15(14)29-8-6-19(32,7-9-29)21(25,26)27/h2-5,10-11,28,32H,6-9H2,1H3,(H,30,31). The number of hydrogen-bond donors (Lipinski definition) is 3. The Morgan fingerprint density at radius 2 is 1.67 bits per heavy atom. The molecule has 15 heteroatoms. The summed E-state index contributed by atoms with van der Waals surface area (Å²) in [5.41, 5.74) is -5.43. The van der Waals surface area contributed by atoms with Gasteiger partial charge in [-0.3, -0.25) is 4.72 Å². The van der Waals surface area contributed by atoms with Gasteiger partial charge >= 0.3 is 18.3 Å². The third-order valence-electron chi connectivity index (χ3n) is 5.73. The van der Waals surface area contributed by atoms with Crippen LogP contribution in [0.3, 0.4) is 0 Å². The van der Waals surface area contributed by atoms with Gasteiger partial charge in [0, 0.05) is 25.9 Å². The smallest absolute Gasteiger partial charge is 0.417 e. The van der Waals surface area contributed by atoms with Crippen LogP contribution in [0.2, 0.25) is 0 Å². The van der Waals surface area contributed by atoms with Crippen molar-refractivity contribution >= 4 is 27.4 Å². The van der Waals surface area contributed by atoms with Crippen LogP contribution in [-0.2, 0) is 16.2 Å². The van der Waals surface area contributed by atoms with Crippen molar-refractivity contribution in [3.63, 3.8) is 0 Å². The minimum Gasteiger partial charge on any atom is -0.495 e. The zero-order chi connectivity index (χ0) is 27.1. The number of nitrogens with one attached hydrogen (secondary N) is 1. The molecule has 198 valence electrons. The average Bonchev–Trinajstić information content (AvgIpc) is 2.77. The molecule has 2 aromatic carbocycles. The first kappa shape index (κ1) is 27.4. The van der Waals surface area contributed by atoms with E-state index in [0.29, 0.717) is 12.1 Å². The lowest BCUT2D eigenvalue weighted by molar-refractivity contribution is -0.266. The highest BCUT2D eigenvalue weighted by Crippen LogP contribution is 2.42. The second kappa shape index (κ2) is 9.35. The molecule has 0 aromatic heterocycles. The molecule has 1 fully saturated rings. The van der Waals surface area contributed by atoms with Gasteiger partial charge in [0.05, 0.1) is 29.6 Å². The third kappa shape index (κ3) is 5.46. The van der Waals surface area contributed by atoms with Gasteiger partial charge in [0.2, 0.25) is 0 Å². The Morgan fingerprint density at radius 3 is 2.17 bits per heavy atom. The molecule has 0 saturated carbocycles. The van der Waals surface area contributed by atoms with Crippen molar-refractivity contribution in [2.45, 2.75) is 35.7 Å². The topological polar surface area (TPSA) is 116 Å². The van der Waals surface area contributed by atoms with Gasteiger partial charge in [-0.05, 0) is 36.4 Å². The van der Waals surface area contributed by atoms with Gasteiger partial charge < -0.3 is 19.8 Å². The van der Waals surface area contributed by atoms with Crippen LogP contribution in [-0.4, -0.2) is 56.6 Å². The minimum absolute atomic E-state index is 0.163. The fourth-order valence-corrected chi connectivity index (χ4v) is 4.95. The van der Waals surface area contributed by atoms with Crippen molar-refractivity contribution in [3.8, 4) is 5.75 Å². The van der Waals surface area contributed by atoms with Gasteiger partial charge in [0.15, 0.2) is 5.60 Å². The number of piperidine rings is 1. The summed E-state index contributed by atoms with van der Waals surface area (Å²) in [6, 6.07) is 4.89. The highest BCUT2D eigenvalue weighted by Gasteiger charge is 2.54. The van der Waals surface area contributed by atoms with E-state index in [1.165, 1.54) is 4.90 Å². The van der Waals surface area contributed by atoms with E-state index >= 15 is 0 Å². The number of aromatic carboxylic acids is 1. The molecule has 0 bridgehead atoms. The third-order valence-corrected chi connectivity index (χ3v) is 7.11. The summed E-state index contributed by atoms with van der Waals surface area (Å²) in [6.45, 7) is -0.873. The number of benzene rings is 2. The Labute approximate surface area is 201 Å². The molecule has 8 nitrogen and oxygen atoms in total. The Bertz CT molecular complexity index is 1250. The molecule has 0 amide bonds. The van der Waals surface area contributed by atoms with Gasteiger partial charge in [-0.25, -0.2) is 13.2 Å². The number of carbonyl (C=O) groups is 1. The van der Waals surface area contributed by atoms with Gasteiger partial charge in [-0.2, -0.15) is 26.3 Å². The molecule has 1 saturated heterocycles. The van der Waals surface area contributed by atoms with Gasteiger partial charge in [-0.1, -0.05) is 0 Å². The molecule has 36 heavy (non-hydrogen) atoms. The van der Waals surface area contributed by atoms with Crippen molar-refractivity contribution in [3.05, 3.63) is 47.5 Å². The van der Waals surface area contributed by atoms with Crippen molar-refractivity contribution in [1.29, 1.82) is 0 Å². The summed E-state index contributed by atoms with van der Waals surface area (Å²) in [6.07, 6.45) is -11.4. The van der Waals surface area contributed by atoms with Crippen LogP contribution in [0.1, 0.15) is 28.8 Å². The number of carboxylic acid groups (broad SMARTS) is 1. The fraction of sp³-hybridized carbons (Fsp3) is 0.381. The second-order valence-corrected chi connectivity index (χ2v) is 9.67. The number of aliphatic hydroxyl groups is 1. The molecule has 0 unspecified atom stereocenters. The van der Waals surface area contributed by atoms with Crippen molar-refractivity contribution in [2.24, 2.45) is 0 Å². The Kier molecular flexibility index (Phi) is 7.11. The number of carboxylic acids is 1. The van der Waals surface area contributed by atoms with Gasteiger partial charge in [0.25, 0.3) is 10.0 Å². The maximum absolute atomic E-state index is 13.4. The first-order valence-electron chi connectivity index (χ1n) is 10.2. The summed E-state index contributed by atoms with van der Waals surface area (Å²) < 4.78 is 113. The molecule has 0 spiro atoms. The van der Waals surface area contributed by atoms with E-state index in [-0.39, 0.29) is 11.4 Å². The molecule has 1 heterocycles. The van der Waals surface area contributed by atoms with Crippen LogP contribution in [0.5, 0.6) is 5.75 Å². The maximum atomic E-state index is 13.4. The Balaban J connectivity index is 2.05. The lowest BCUT2D eigenvalue weighted by Crippen LogP contribution is -2.53. The second-order valence-electron chi connectivity index (χ2n) is 8.02. The largest absolute Gasteiger partial charge is 0.495 e. The van der Waals surface area contributed by atoms with Gasteiger partial charge in [0.1, 0.15) is 10.6 Å². The normalized spacial score (nSPS) is 16.5. The molecule has 0 aliphatic carbocycles. The predicted octanol–water partition coefficient (Wildman–Crippen LogP) is 4.11. The Morgan fingerprint density at radius 1 is 1.06 bits per heavy atom. The number of ether oxygens (including phenoxy) is 1. The van der Waals surface area contributed by atoms with Crippen molar-refractivity contribution in [1.82, 2.24) is 0 Å². The molecule has 2 aromatic rings. The minimum atomic E-state index is -4.92. The fourth-order valence-electron chi connectivity index (χ4n) is 3.69. The number of halogens is 6. The summed E-state index contributed by atoms with van der Waals surface area (Å²) in [4.78, 5) is 11.8. The first-order chi connectivity index (χ1) is 16.5. The highest BCUT2D eigenvalue weighted by atomic mass is 32.2. The monoisotopic (exact) mass is 542 g/mol. The number of sulfonamides is 1. The molecular formula is C21H20F6N2O6S. The van der Waals surface area contributed by atoms with Crippen LogP contribution in [0.15, 0.2) is 41.3 Å². The first-order valence-corrected chi connectivity index (χ1v) is 11.7. The molecule has 1 aliphatic rings. The van der Waals surface area contributed by atoms with Crippen molar-refractivity contribution < 1.29 is 54.5 Å². The Hall–Kier alpha value is -3.20. The lowest BCUT2D eigenvalue weighted by Gasteiger charge is -2.40. The predicted molar refractivity (Wildman–Crippen MR) is 115 cm³/mol. The van der Waals surface area contributed by atoms with Gasteiger partial charge in [-0.15, -0.1) is 0 Å². The number of nitrogens with zero attached hydrogens (tertiary/aromatic N) is 1. The highest BCUT2D eigenvalue weighted by molar-refractivity contribution is 7.92. The van der Waals surface area contributed by atoms with Crippen molar-refractivity contribution in [2.75, 3.05) is 29.8 Å². The van der Waals surface area contributed by atoms with E-state index < -0.39 is 81.6 Å². The summed E-state index contributed by atoms with van der Waals surface area (Å²) in [5, 5.41) is 19.1. The zero-order valence-electron chi connectivity index (χ0n) is 18.4. The molecule has 0 atom stereocenters. The molecule has 0 radical (unpaired) electrons. The van der Waals surface area contributed by atoms with E-state index in [1.807, 2.05) is 4.72 Å².